The minimum absolute atomic E-state index is 0.382. The van der Waals surface area contributed by atoms with Gasteiger partial charge in [-0.2, -0.15) is 0 Å². The zero-order valence-electron chi connectivity index (χ0n) is 15.0. The highest BCUT2D eigenvalue weighted by Gasteiger charge is 2.18. The highest BCUT2D eigenvalue weighted by atomic mass is 14.2. The molecule has 0 aromatic carbocycles. The van der Waals surface area contributed by atoms with Gasteiger partial charge in [0.1, 0.15) is 0 Å². The molecule has 1 aliphatic rings. The fourth-order valence-electron chi connectivity index (χ4n) is 3.15. The molecular formula is C20H34. The SMILES string of the molecule is C/C(CC(C)(C)C)=C1/C=CC/C(=C(/C)CC(C)(C)C)C1. The molecule has 0 atom stereocenters. The maximum absolute atomic E-state index is 2.36. The van der Waals surface area contributed by atoms with E-state index in [4.69, 9.17) is 0 Å². The zero-order valence-corrected chi connectivity index (χ0v) is 15.0. The largest absolute Gasteiger partial charge is 0.0802 e. The number of hydrogen-bond donors (Lipinski definition) is 0. The van der Waals surface area contributed by atoms with E-state index >= 15 is 0 Å². The molecule has 1 rings (SSSR count). The third kappa shape index (κ3) is 6.11. The lowest BCUT2D eigenvalue weighted by Crippen LogP contribution is -2.09. The Hall–Kier alpha value is -0.780. The Labute approximate surface area is 127 Å². The first-order valence-corrected chi connectivity index (χ1v) is 8.01. The molecule has 0 fully saturated rings. The number of allylic oxidation sites excluding steroid dienone is 6. The van der Waals surface area contributed by atoms with Gasteiger partial charge in [0.15, 0.2) is 0 Å². The van der Waals surface area contributed by atoms with Crippen molar-refractivity contribution >= 4 is 0 Å². The summed E-state index contributed by atoms with van der Waals surface area (Å²) in [5, 5.41) is 0. The second-order valence-electron chi connectivity index (χ2n) is 8.95. The molecule has 0 saturated carbocycles. The van der Waals surface area contributed by atoms with Crippen LogP contribution in [0.1, 0.15) is 81.1 Å². The third-order valence-corrected chi connectivity index (χ3v) is 3.83. The highest BCUT2D eigenvalue weighted by Crippen LogP contribution is 2.34. The van der Waals surface area contributed by atoms with E-state index in [2.05, 4.69) is 67.5 Å². The molecule has 0 saturated heterocycles. The zero-order chi connectivity index (χ0) is 15.6. The molecule has 0 aliphatic heterocycles. The lowest BCUT2D eigenvalue weighted by atomic mass is 9.81. The summed E-state index contributed by atoms with van der Waals surface area (Å²) in [6.07, 6.45) is 9.43. The van der Waals surface area contributed by atoms with Gasteiger partial charge in [0.2, 0.25) is 0 Å². The normalized spacial score (nSPS) is 22.0. The van der Waals surface area contributed by atoms with Gasteiger partial charge in [-0.25, -0.2) is 0 Å². The van der Waals surface area contributed by atoms with Gasteiger partial charge in [-0.1, -0.05) is 70.4 Å². The van der Waals surface area contributed by atoms with Crippen LogP contribution in [-0.4, -0.2) is 0 Å². The van der Waals surface area contributed by atoms with Crippen LogP contribution in [0.4, 0.5) is 0 Å². The third-order valence-electron chi connectivity index (χ3n) is 3.83. The van der Waals surface area contributed by atoms with E-state index in [-0.39, 0.29) is 0 Å². The van der Waals surface area contributed by atoms with Gasteiger partial charge in [0.05, 0.1) is 0 Å². The molecule has 0 nitrogen and oxygen atoms in total. The Morgan fingerprint density at radius 3 is 1.90 bits per heavy atom. The minimum atomic E-state index is 0.382. The summed E-state index contributed by atoms with van der Waals surface area (Å²) in [6.45, 7) is 18.6. The molecule has 0 spiro atoms. The predicted octanol–water partition coefficient (Wildman–Crippen LogP) is 6.84. The van der Waals surface area contributed by atoms with Gasteiger partial charge in [0, 0.05) is 0 Å². The van der Waals surface area contributed by atoms with Crippen LogP contribution >= 0.6 is 0 Å². The van der Waals surface area contributed by atoms with Crippen molar-refractivity contribution in [3.05, 3.63) is 34.4 Å². The van der Waals surface area contributed by atoms with Crippen molar-refractivity contribution in [3.8, 4) is 0 Å². The summed E-state index contributed by atoms with van der Waals surface area (Å²) in [5.41, 5.74) is 7.13. The van der Waals surface area contributed by atoms with E-state index in [9.17, 15) is 0 Å². The van der Waals surface area contributed by atoms with Crippen LogP contribution in [0.2, 0.25) is 0 Å². The highest BCUT2D eigenvalue weighted by molar-refractivity contribution is 5.37. The standard InChI is InChI=1S/C20H34/c1-15(13-19(3,4)5)17-10-9-11-18(12-17)16(2)14-20(6,7)8/h9-10H,11-14H2,1-8H3/b17-15+,18-16+. The summed E-state index contributed by atoms with van der Waals surface area (Å²) >= 11 is 0. The summed E-state index contributed by atoms with van der Waals surface area (Å²) in [7, 11) is 0. The lowest BCUT2D eigenvalue weighted by Gasteiger charge is -2.25. The fourth-order valence-corrected chi connectivity index (χ4v) is 3.15. The van der Waals surface area contributed by atoms with Crippen molar-refractivity contribution in [2.45, 2.75) is 81.1 Å². The molecule has 0 heterocycles. The first kappa shape index (κ1) is 17.3. The van der Waals surface area contributed by atoms with E-state index < -0.39 is 0 Å². The molecule has 0 aromatic heterocycles. The molecule has 0 unspecified atom stereocenters. The monoisotopic (exact) mass is 274 g/mol. The topological polar surface area (TPSA) is 0 Å². The van der Waals surface area contributed by atoms with Crippen LogP contribution in [0.15, 0.2) is 34.4 Å². The molecule has 114 valence electrons. The maximum atomic E-state index is 2.36. The average Bonchev–Trinajstić information content (AvgIpc) is 2.24. The Morgan fingerprint density at radius 1 is 0.900 bits per heavy atom. The Balaban J connectivity index is 2.92. The number of rotatable bonds is 2. The van der Waals surface area contributed by atoms with Crippen LogP contribution in [0.3, 0.4) is 0 Å². The van der Waals surface area contributed by atoms with Crippen LogP contribution in [-0.2, 0) is 0 Å². The van der Waals surface area contributed by atoms with Crippen molar-refractivity contribution in [1.29, 1.82) is 0 Å². The minimum Gasteiger partial charge on any atom is -0.0802 e. The molecule has 0 radical (unpaired) electrons. The first-order valence-electron chi connectivity index (χ1n) is 8.01. The van der Waals surface area contributed by atoms with Crippen LogP contribution in [0.5, 0.6) is 0 Å². The predicted molar refractivity (Wildman–Crippen MR) is 91.9 cm³/mol. The van der Waals surface area contributed by atoms with Crippen molar-refractivity contribution < 1.29 is 0 Å². The Morgan fingerprint density at radius 2 is 1.40 bits per heavy atom. The second kappa shape index (κ2) is 6.33. The van der Waals surface area contributed by atoms with Crippen molar-refractivity contribution in [2.75, 3.05) is 0 Å². The summed E-state index contributed by atoms with van der Waals surface area (Å²) in [6, 6.07) is 0. The summed E-state index contributed by atoms with van der Waals surface area (Å²) in [4.78, 5) is 0. The summed E-state index contributed by atoms with van der Waals surface area (Å²) in [5.74, 6) is 0. The summed E-state index contributed by atoms with van der Waals surface area (Å²) < 4.78 is 0. The lowest BCUT2D eigenvalue weighted by molar-refractivity contribution is 0.406. The quantitative estimate of drug-likeness (QED) is 0.483. The van der Waals surface area contributed by atoms with E-state index in [1.807, 2.05) is 0 Å². The molecule has 1 aliphatic carbocycles. The molecule has 0 N–H and O–H groups in total. The van der Waals surface area contributed by atoms with Crippen LogP contribution in [0, 0.1) is 10.8 Å². The van der Waals surface area contributed by atoms with Gasteiger partial charge in [-0.3, -0.25) is 0 Å². The van der Waals surface area contributed by atoms with E-state index in [1.165, 1.54) is 19.3 Å². The van der Waals surface area contributed by atoms with E-state index in [0.717, 1.165) is 6.42 Å². The van der Waals surface area contributed by atoms with Gasteiger partial charge in [-0.05, 0) is 55.9 Å². The van der Waals surface area contributed by atoms with E-state index in [1.54, 1.807) is 22.3 Å². The molecular weight excluding hydrogens is 240 g/mol. The Kier molecular flexibility index (Phi) is 5.46. The van der Waals surface area contributed by atoms with Gasteiger partial charge < -0.3 is 0 Å². The molecule has 0 aromatic rings. The van der Waals surface area contributed by atoms with E-state index in [0.29, 0.717) is 10.8 Å². The van der Waals surface area contributed by atoms with Crippen LogP contribution < -0.4 is 0 Å². The van der Waals surface area contributed by atoms with Crippen molar-refractivity contribution in [2.24, 2.45) is 10.8 Å². The van der Waals surface area contributed by atoms with Gasteiger partial charge in [0.25, 0.3) is 0 Å². The number of hydrogen-bond acceptors (Lipinski definition) is 0. The molecule has 0 amide bonds. The second-order valence-corrected chi connectivity index (χ2v) is 8.95. The molecule has 20 heavy (non-hydrogen) atoms. The smallest absolute Gasteiger partial charge is 0.00621 e. The van der Waals surface area contributed by atoms with Gasteiger partial charge >= 0.3 is 0 Å². The van der Waals surface area contributed by atoms with Gasteiger partial charge in [-0.15, -0.1) is 0 Å². The van der Waals surface area contributed by atoms with Crippen LogP contribution in [0.25, 0.3) is 0 Å². The Bertz CT molecular complexity index is 428. The maximum Gasteiger partial charge on any atom is -0.00621 e. The molecule has 0 bridgehead atoms. The van der Waals surface area contributed by atoms with Crippen molar-refractivity contribution in [3.63, 3.8) is 0 Å². The average molecular weight is 274 g/mol. The fraction of sp³-hybridized carbons (Fsp3) is 0.700. The molecule has 0 heteroatoms. The van der Waals surface area contributed by atoms with Crippen molar-refractivity contribution in [1.82, 2.24) is 0 Å². The first-order chi connectivity index (χ1) is 8.98.